The van der Waals surface area contributed by atoms with E-state index in [1.54, 1.807) is 18.2 Å². The van der Waals surface area contributed by atoms with Gasteiger partial charge in [-0.2, -0.15) is 0 Å². The Bertz CT molecular complexity index is 703. The maximum atomic E-state index is 13.0. The lowest BCUT2D eigenvalue weighted by Gasteiger charge is -2.15. The molecule has 0 fully saturated rings. The van der Waals surface area contributed by atoms with Crippen LogP contribution >= 0.6 is 11.8 Å². The van der Waals surface area contributed by atoms with Gasteiger partial charge in [-0.3, -0.25) is 9.36 Å². The molecular weight excluding hydrogens is 333 g/mol. The monoisotopic (exact) mass is 351 g/mol. The van der Waals surface area contributed by atoms with Gasteiger partial charge in [0, 0.05) is 6.54 Å². The van der Waals surface area contributed by atoms with Crippen LogP contribution in [0.5, 0.6) is 5.75 Å². The zero-order valence-corrected chi connectivity index (χ0v) is 14.3. The standard InChI is InChI=1S/C16H18FN3O3S/c1-4-9-20-15(18-19-16(20)24-10-14(21)22-3)11(2)23-13-7-5-12(17)6-8-13/h4-8,11H,1,9-10H2,2-3H3. The van der Waals surface area contributed by atoms with Crippen LogP contribution in [0, 0.1) is 5.82 Å². The largest absolute Gasteiger partial charge is 0.483 e. The maximum absolute atomic E-state index is 13.0. The Morgan fingerprint density at radius 1 is 1.42 bits per heavy atom. The first-order valence-electron chi connectivity index (χ1n) is 7.21. The van der Waals surface area contributed by atoms with Crippen molar-refractivity contribution in [3.63, 3.8) is 0 Å². The second-order valence-corrected chi connectivity index (χ2v) is 5.76. The average Bonchev–Trinajstić information content (AvgIpc) is 2.98. The minimum Gasteiger partial charge on any atom is -0.483 e. The van der Waals surface area contributed by atoms with E-state index < -0.39 is 6.10 Å². The second kappa shape index (κ2) is 8.49. The molecule has 0 amide bonds. The van der Waals surface area contributed by atoms with Crippen LogP contribution in [-0.4, -0.2) is 33.6 Å². The minimum absolute atomic E-state index is 0.138. The Balaban J connectivity index is 2.15. The number of carbonyl (C=O) groups excluding carboxylic acids is 1. The predicted octanol–water partition coefficient (Wildman–Crippen LogP) is 3.01. The van der Waals surface area contributed by atoms with Gasteiger partial charge in [-0.1, -0.05) is 17.8 Å². The predicted molar refractivity (Wildman–Crippen MR) is 88.4 cm³/mol. The van der Waals surface area contributed by atoms with Crippen molar-refractivity contribution in [2.45, 2.75) is 24.7 Å². The van der Waals surface area contributed by atoms with Crippen molar-refractivity contribution in [1.29, 1.82) is 0 Å². The molecule has 0 N–H and O–H groups in total. The summed E-state index contributed by atoms with van der Waals surface area (Å²) in [6, 6.07) is 5.75. The van der Waals surface area contributed by atoms with Gasteiger partial charge < -0.3 is 9.47 Å². The Morgan fingerprint density at radius 3 is 2.75 bits per heavy atom. The number of benzene rings is 1. The summed E-state index contributed by atoms with van der Waals surface area (Å²) in [5.74, 6) is 0.586. The molecule has 24 heavy (non-hydrogen) atoms. The van der Waals surface area contributed by atoms with Gasteiger partial charge in [-0.05, 0) is 31.2 Å². The van der Waals surface area contributed by atoms with E-state index in [1.807, 2.05) is 11.5 Å². The van der Waals surface area contributed by atoms with Crippen molar-refractivity contribution >= 4 is 17.7 Å². The lowest BCUT2D eigenvalue weighted by molar-refractivity contribution is -0.137. The number of hydrogen-bond acceptors (Lipinski definition) is 6. The molecular formula is C16H18FN3O3S. The van der Waals surface area contributed by atoms with Crippen molar-refractivity contribution in [1.82, 2.24) is 14.8 Å². The van der Waals surface area contributed by atoms with Crippen LogP contribution in [-0.2, 0) is 16.1 Å². The number of thioether (sulfide) groups is 1. The summed E-state index contributed by atoms with van der Waals surface area (Å²) in [5.41, 5.74) is 0. The summed E-state index contributed by atoms with van der Waals surface area (Å²) in [4.78, 5) is 11.3. The van der Waals surface area contributed by atoms with E-state index in [4.69, 9.17) is 4.74 Å². The van der Waals surface area contributed by atoms with E-state index in [0.717, 1.165) is 0 Å². The fourth-order valence-corrected chi connectivity index (χ4v) is 2.75. The van der Waals surface area contributed by atoms with E-state index in [-0.39, 0.29) is 17.5 Å². The molecule has 6 nitrogen and oxygen atoms in total. The third-order valence-electron chi connectivity index (χ3n) is 3.09. The number of ether oxygens (including phenoxy) is 2. The van der Waals surface area contributed by atoms with Gasteiger partial charge in [0.15, 0.2) is 17.1 Å². The van der Waals surface area contributed by atoms with Gasteiger partial charge in [-0.15, -0.1) is 16.8 Å². The molecule has 1 heterocycles. The molecule has 1 aromatic heterocycles. The molecule has 0 saturated heterocycles. The molecule has 0 aliphatic carbocycles. The summed E-state index contributed by atoms with van der Waals surface area (Å²) in [7, 11) is 1.33. The fourth-order valence-electron chi connectivity index (χ4n) is 1.96. The third kappa shape index (κ3) is 4.58. The zero-order valence-electron chi connectivity index (χ0n) is 13.4. The van der Waals surface area contributed by atoms with E-state index in [2.05, 4.69) is 21.5 Å². The number of rotatable bonds is 8. The number of nitrogens with zero attached hydrogens (tertiary/aromatic N) is 3. The van der Waals surface area contributed by atoms with E-state index in [0.29, 0.717) is 23.3 Å². The first kappa shape index (κ1) is 18.0. The van der Waals surface area contributed by atoms with Gasteiger partial charge in [0.05, 0.1) is 12.9 Å². The molecule has 0 radical (unpaired) electrons. The van der Waals surface area contributed by atoms with Gasteiger partial charge in [-0.25, -0.2) is 4.39 Å². The Morgan fingerprint density at radius 2 is 2.12 bits per heavy atom. The molecule has 2 rings (SSSR count). The molecule has 0 spiro atoms. The van der Waals surface area contributed by atoms with Crippen molar-refractivity contribution < 1.29 is 18.7 Å². The molecule has 2 aromatic rings. The highest BCUT2D eigenvalue weighted by atomic mass is 32.2. The second-order valence-electron chi connectivity index (χ2n) is 4.82. The number of esters is 1. The van der Waals surface area contributed by atoms with Crippen LogP contribution in [0.4, 0.5) is 4.39 Å². The highest BCUT2D eigenvalue weighted by Crippen LogP contribution is 2.24. The van der Waals surface area contributed by atoms with Crippen molar-refractivity contribution in [3.8, 4) is 5.75 Å². The molecule has 0 aliphatic rings. The number of aromatic nitrogens is 3. The summed E-state index contributed by atoms with van der Waals surface area (Å²) >= 11 is 1.23. The smallest absolute Gasteiger partial charge is 0.316 e. The highest BCUT2D eigenvalue weighted by Gasteiger charge is 2.19. The molecule has 0 aliphatic heterocycles. The van der Waals surface area contributed by atoms with Crippen LogP contribution in [0.15, 0.2) is 42.1 Å². The van der Waals surface area contributed by atoms with Crippen LogP contribution in [0.3, 0.4) is 0 Å². The van der Waals surface area contributed by atoms with E-state index in [9.17, 15) is 9.18 Å². The van der Waals surface area contributed by atoms with Gasteiger partial charge in [0.25, 0.3) is 0 Å². The van der Waals surface area contributed by atoms with Gasteiger partial charge in [0.2, 0.25) is 0 Å². The Hall–Kier alpha value is -2.35. The molecule has 1 unspecified atom stereocenters. The van der Waals surface area contributed by atoms with Crippen molar-refractivity contribution in [3.05, 3.63) is 48.6 Å². The zero-order chi connectivity index (χ0) is 17.5. The van der Waals surface area contributed by atoms with Gasteiger partial charge in [0.1, 0.15) is 11.6 Å². The minimum atomic E-state index is -0.407. The number of methoxy groups -OCH3 is 1. The molecule has 128 valence electrons. The number of halogens is 1. The Labute approximate surface area is 143 Å². The van der Waals surface area contributed by atoms with E-state index >= 15 is 0 Å². The number of carbonyl (C=O) groups is 1. The lowest BCUT2D eigenvalue weighted by atomic mass is 10.3. The van der Waals surface area contributed by atoms with Crippen molar-refractivity contribution in [2.75, 3.05) is 12.9 Å². The third-order valence-corrected chi connectivity index (χ3v) is 4.03. The molecule has 0 bridgehead atoms. The number of hydrogen-bond donors (Lipinski definition) is 0. The van der Waals surface area contributed by atoms with Crippen LogP contribution in [0.2, 0.25) is 0 Å². The topological polar surface area (TPSA) is 66.2 Å². The molecule has 0 saturated carbocycles. The van der Waals surface area contributed by atoms with Crippen molar-refractivity contribution in [2.24, 2.45) is 0 Å². The van der Waals surface area contributed by atoms with Crippen LogP contribution in [0.25, 0.3) is 0 Å². The summed E-state index contributed by atoms with van der Waals surface area (Å²) in [5, 5.41) is 8.82. The summed E-state index contributed by atoms with van der Waals surface area (Å²) in [6.07, 6.45) is 1.30. The molecule has 1 aromatic carbocycles. The van der Waals surface area contributed by atoms with Crippen LogP contribution < -0.4 is 4.74 Å². The first-order chi connectivity index (χ1) is 11.5. The van der Waals surface area contributed by atoms with E-state index in [1.165, 1.54) is 31.0 Å². The number of allylic oxidation sites excluding steroid dienone is 1. The highest BCUT2D eigenvalue weighted by molar-refractivity contribution is 7.99. The first-order valence-corrected chi connectivity index (χ1v) is 8.19. The normalized spacial score (nSPS) is 11.8. The molecule has 1 atom stereocenters. The van der Waals surface area contributed by atoms with Crippen LogP contribution in [0.1, 0.15) is 18.9 Å². The summed E-state index contributed by atoms with van der Waals surface area (Å²) < 4.78 is 25.2. The Kier molecular flexibility index (Phi) is 6.36. The quantitative estimate of drug-likeness (QED) is 0.414. The maximum Gasteiger partial charge on any atom is 0.316 e. The average molecular weight is 351 g/mol. The molecule has 8 heteroatoms. The fraction of sp³-hybridized carbons (Fsp3) is 0.312. The summed E-state index contributed by atoms with van der Waals surface area (Å²) in [6.45, 7) is 6.02. The van der Waals surface area contributed by atoms with Gasteiger partial charge >= 0.3 is 5.97 Å². The SMILES string of the molecule is C=CCn1c(SCC(=O)OC)nnc1C(C)Oc1ccc(F)cc1. The lowest BCUT2D eigenvalue weighted by Crippen LogP contribution is -2.12.